The maximum atomic E-state index is 11.8. The van der Waals surface area contributed by atoms with Crippen LogP contribution in [-0.4, -0.2) is 280 Å². The largest absolute Gasteiger partial charge is 1.00 e. The summed E-state index contributed by atoms with van der Waals surface area (Å²) in [4.78, 5) is 201. The van der Waals surface area contributed by atoms with E-state index in [1.807, 2.05) is 61.9 Å². The number of hydrogen-bond acceptors (Lipinski definition) is 43. The molecule has 0 unspecified atom stereocenters. The number of Topliss-reactive ketones (excluding diaryl/α,β-unsaturated/α-hetero) is 2. The van der Waals surface area contributed by atoms with Crippen LogP contribution in [-0.2, 0) is 163 Å². The van der Waals surface area contributed by atoms with Gasteiger partial charge >= 0.3 is 179 Å². The number of ketones is 2. The number of nitrogens with two attached hydrogens (primary N) is 1. The van der Waals surface area contributed by atoms with Crippen molar-refractivity contribution in [3.63, 3.8) is 0 Å². The number of nitrogens with zero attached hydrogens (tertiary/aromatic N) is 7. The molecule has 0 saturated carbocycles. The number of halogens is 4. The molecule has 3 aliphatic heterocycles. The Kier molecular flexibility index (Phi) is 114. The molecule has 4 radical (unpaired) electrons. The Labute approximate surface area is 978 Å². The molecule has 10 heterocycles. The van der Waals surface area contributed by atoms with Gasteiger partial charge in [0.25, 0.3) is 6.47 Å². The standard InChI is InChI=1S/C13H18BrNO4S.C11H14BrNO2S.C11H13NO3S.C11H15NO2S.C10H14BrNO2S.C10H15NO2S.C6H9NS.C4H6O4.C3H5ClO2.C3H4O2.C2H3BO2.C2H3N.CH2O3.CO2.BHNS.3Na.H2O/c1-3-18-12(16)9-15(13(17)19-4-2)8-7-10-5-6-11(14)20-10;1-2-15-11(14)13-5-3-8-7-10(12)16-9(8)4-6-13;1-2-15-11(14)12-5-3-10-8(4-6-16-10)9(13)7-12;1-2-14-11(13)12-6-3-9-5-8-15-10(9)4-7-12;1-2-14-10(13)7-12-6-5-8-3-4-9(11)15-8;1-3-13-10(12)11(2)7-6-9-5-4-8-14-9;7-4-3-6-2-1-5-8-6;1-3(5)7-8-4(2)6;1-2-6-3(4)5;1-3(5)2-4;1-2(4)5-3;1-2-3;2-1-4-3;2-1-3;1-2-3;;;;/h5-6H,3-4,7-9H2,1-2H3;7H,2-6H2,1H3;4,6H,2-3,5,7H2,1H3;5,8H,2-4,6-7H2,1H3;3-4,12H,2,5-7H2,1H3;4-5,8H,3,6-7H2,1-2H3;1-2,5H,3-4,7H2;1-2H3;2H2,1H3;2H,1H3;1H3;1H3;1,3H;;3H;;;;1H2/q;;;;;;;;;;-1;;;;;3*+1;/p-2. The Morgan fingerprint density at radius 2 is 0.966 bits per heavy atom. The molecule has 7 aromatic heterocycles. The van der Waals surface area contributed by atoms with E-state index in [-0.39, 0.29) is 163 Å². The molecule has 0 aliphatic carbocycles. The third-order valence-corrected chi connectivity index (χ3v) is 24.8. The van der Waals surface area contributed by atoms with Crippen molar-refractivity contribution in [3.05, 3.63) is 150 Å². The van der Waals surface area contributed by atoms with E-state index in [1.54, 1.807) is 142 Å². The molecular formula is C88H122B2Br3ClN9Na3O31S8. The molecule has 40 nitrogen and oxygen atoms in total. The molecule has 0 saturated heterocycles. The first-order valence-electron chi connectivity index (χ1n) is 42.6. The molecule has 7 aromatic rings. The molecule has 10 rings (SSSR count). The first-order chi connectivity index (χ1) is 67.3. The van der Waals surface area contributed by atoms with Gasteiger partial charge in [-0.1, -0.05) is 12.1 Å². The van der Waals surface area contributed by atoms with Gasteiger partial charge in [0, 0.05) is 152 Å². The number of ether oxygens (including phenoxy) is 8. The second-order valence-electron chi connectivity index (χ2n) is 26.0. The van der Waals surface area contributed by atoms with E-state index in [0.717, 1.165) is 127 Å². The maximum Gasteiger partial charge on any atom is 1.00 e. The summed E-state index contributed by atoms with van der Waals surface area (Å²) in [5.41, 5.74) is 8.11. The summed E-state index contributed by atoms with van der Waals surface area (Å²) >= 11 is 30.1. The number of likely N-dealkylation sites (N-methyl/N-ethyl adjacent to an activating group) is 1. The summed E-state index contributed by atoms with van der Waals surface area (Å²) in [5.74, 6) is -2.78. The number of carbonyl (C=O) groups is 15. The van der Waals surface area contributed by atoms with Crippen molar-refractivity contribution in [1.29, 1.82) is 5.26 Å². The minimum atomic E-state index is -0.738. The first-order valence-corrected chi connectivity index (χ1v) is 51.7. The topological polar surface area (TPSA) is 544 Å². The van der Waals surface area contributed by atoms with E-state index in [2.05, 4.69) is 157 Å². The fourth-order valence-corrected chi connectivity index (χ4v) is 18.0. The Morgan fingerprint density at radius 1 is 0.566 bits per heavy atom. The van der Waals surface area contributed by atoms with Crippen molar-refractivity contribution in [3.8, 4) is 6.07 Å². The van der Waals surface area contributed by atoms with Crippen molar-refractivity contribution in [1.82, 2.24) is 29.8 Å². The van der Waals surface area contributed by atoms with Gasteiger partial charge in [-0.05, 0) is 248 Å². The number of nitriles is 1. The van der Waals surface area contributed by atoms with Gasteiger partial charge in [0.2, 0.25) is 5.97 Å². The van der Waals surface area contributed by atoms with E-state index in [1.165, 1.54) is 69.9 Å². The quantitative estimate of drug-likeness (QED) is 0.00529. The van der Waals surface area contributed by atoms with Gasteiger partial charge in [-0.25, -0.2) is 48.1 Å². The normalized spacial score (nSPS) is 10.5. The van der Waals surface area contributed by atoms with Gasteiger partial charge in [0.15, 0.2) is 17.9 Å². The summed E-state index contributed by atoms with van der Waals surface area (Å²) in [6.07, 6.45) is 7.09. The van der Waals surface area contributed by atoms with Crippen molar-refractivity contribution in [2.45, 2.75) is 148 Å². The number of nitrogens with one attached hydrogen (secondary N) is 1. The zero-order valence-electron chi connectivity index (χ0n) is 84.2. The number of esters is 2. The van der Waals surface area contributed by atoms with Crippen LogP contribution in [0.1, 0.15) is 146 Å². The number of fused-ring (bicyclic) bond motifs is 3. The van der Waals surface area contributed by atoms with E-state index < -0.39 is 47.3 Å². The fraction of sp³-hybridized carbons (Fsp3) is 0.489. The summed E-state index contributed by atoms with van der Waals surface area (Å²) in [6.45, 7) is 29.9. The van der Waals surface area contributed by atoms with Gasteiger partial charge in [-0.3, -0.25) is 38.5 Å². The van der Waals surface area contributed by atoms with Crippen LogP contribution in [0.5, 0.6) is 0 Å². The third kappa shape index (κ3) is 88.7. The number of thiol groups is 1. The van der Waals surface area contributed by atoms with E-state index >= 15 is 0 Å². The zero-order valence-corrected chi connectivity index (χ0v) is 102. The average molecular weight is 2420 g/mol. The number of carbonyl (C=O) groups excluding carboxylic acids is 17. The predicted octanol–water partition coefficient (Wildman–Crippen LogP) is 6.44. The minimum Gasteiger partial charge on any atom is -0.870 e. The Morgan fingerprint density at radius 3 is 1.37 bits per heavy atom. The number of rotatable bonds is 25. The Balaban J connectivity index is -0.000000201. The van der Waals surface area contributed by atoms with Gasteiger partial charge in [0.1, 0.15) is 6.54 Å². The Hall–Kier alpha value is -6.73. The number of thiophene rings is 7. The van der Waals surface area contributed by atoms with Crippen LogP contribution in [0.15, 0.2) is 104 Å². The van der Waals surface area contributed by atoms with E-state index in [0.29, 0.717) is 78.8 Å². The SMILES string of the molecule is CC#N.CC(=O)C=O.CC(=O)OOC(C)=O.CCOC(=O)CN(CCc1ccc(Br)s1)C(=O)OCC.CCOC(=O)CNCCc1ccc(Br)s1.CCOC(=O)Cl.CCOC(=O)N(C)CCc1cccs1.CCOC(=O)N1CCc2cc(Br)sc2CC1.CCOC(=O)N1CCc2ccsc2CC1.CCOC(=O)N1CCc2sccc2C(=O)C1.NCCc1cccs1.O=C=O.O=CO[O-].[B-]OC(C)=O.[B]=NS.[Na+].[Na+].[Na+].[OH-]. The van der Waals surface area contributed by atoms with E-state index in [4.69, 9.17) is 80.2 Å². The number of aldehydes is 1. The second kappa shape index (κ2) is 106. The van der Waals surface area contributed by atoms with Crippen molar-refractivity contribution in [2.75, 3.05) is 138 Å². The smallest absolute Gasteiger partial charge is 0.870 e. The number of amides is 5. The van der Waals surface area contributed by atoms with Gasteiger partial charge in [-0.15, -0.1) is 79.4 Å². The molecule has 145 heavy (non-hydrogen) atoms. The van der Waals surface area contributed by atoms with E-state index in [9.17, 15) is 62.3 Å². The number of hydrogen-bond donors (Lipinski definition) is 3. The van der Waals surface area contributed by atoms with Crippen LogP contribution in [0.25, 0.3) is 0 Å². The molecule has 0 atom stereocenters. The van der Waals surface area contributed by atoms with Crippen LogP contribution >= 0.6 is 152 Å². The molecule has 0 fully saturated rings. The summed E-state index contributed by atoms with van der Waals surface area (Å²) in [5, 5.41) is 27.0. The summed E-state index contributed by atoms with van der Waals surface area (Å²) < 4.78 is 48.2. The fourth-order valence-electron chi connectivity index (χ4n) is 9.92. The molecule has 4 N–H and O–H groups in total. The van der Waals surface area contributed by atoms with Crippen LogP contribution in [0.2, 0.25) is 0 Å². The van der Waals surface area contributed by atoms with Gasteiger partial charge in [-0.2, -0.15) is 14.9 Å². The maximum absolute atomic E-state index is 11.8. The van der Waals surface area contributed by atoms with Crippen LogP contribution < -0.4 is 105 Å². The molecule has 3 aliphatic rings. The predicted molar refractivity (Wildman–Crippen MR) is 553 cm³/mol. The van der Waals surface area contributed by atoms with Crippen molar-refractivity contribution >= 4 is 263 Å². The van der Waals surface area contributed by atoms with Crippen LogP contribution in [0.3, 0.4) is 0 Å². The third-order valence-electron chi connectivity index (χ3n) is 15.7. The van der Waals surface area contributed by atoms with Crippen molar-refractivity contribution in [2.24, 2.45) is 10.0 Å². The first kappa shape index (κ1) is 156. The molecule has 0 aromatic carbocycles. The minimum absolute atomic E-state index is 0. The molecule has 0 spiro atoms. The average Bonchev–Trinajstić information content (AvgIpc) is 1.71. The molecule has 790 valence electrons. The van der Waals surface area contributed by atoms with Crippen LogP contribution in [0, 0.1) is 11.3 Å². The second-order valence-corrected chi connectivity index (χ2v) is 38.2. The monoisotopic (exact) mass is 2420 g/mol. The molecule has 5 amide bonds. The molecule has 57 heteroatoms. The summed E-state index contributed by atoms with van der Waals surface area (Å²) in [7, 11) is 10.4. The van der Waals surface area contributed by atoms with Gasteiger partial charge in [0.05, 0.1) is 83.4 Å². The summed E-state index contributed by atoms with van der Waals surface area (Å²) in [6, 6.07) is 24.2. The molecule has 0 bridgehead atoms. The van der Waals surface area contributed by atoms with Crippen molar-refractivity contribution < 1.29 is 238 Å². The Bertz CT molecular complexity index is 4680. The van der Waals surface area contributed by atoms with Crippen LogP contribution in [0.4, 0.5) is 28.8 Å². The zero-order chi connectivity index (χ0) is 108. The van der Waals surface area contributed by atoms with Gasteiger partial charge < -0.3 is 96.9 Å². The molecular weight excluding hydrogens is 2300 g/mol.